The van der Waals surface area contributed by atoms with Crippen LogP contribution in [0.5, 0.6) is 0 Å². The maximum atomic E-state index is 13.1. The third-order valence-corrected chi connectivity index (χ3v) is 4.21. The maximum absolute atomic E-state index is 13.1. The van der Waals surface area contributed by atoms with Gasteiger partial charge in [0.2, 0.25) is 0 Å². The topological polar surface area (TPSA) is 77.8 Å². The highest BCUT2D eigenvalue weighted by molar-refractivity contribution is 7.98. The SMILES string of the molecule is CN(C)Cc1ccccc1CSc1cccc(F)c1.O=C(O)/C=C\C(=O)O. The van der Waals surface area contributed by atoms with Crippen molar-refractivity contribution in [2.24, 2.45) is 0 Å². The predicted octanol–water partition coefficient (Wildman–Crippen LogP) is 3.89. The van der Waals surface area contributed by atoms with E-state index in [1.807, 2.05) is 6.07 Å². The van der Waals surface area contributed by atoms with Crippen LogP contribution in [0.3, 0.4) is 0 Å². The van der Waals surface area contributed by atoms with Crippen molar-refractivity contribution >= 4 is 23.7 Å². The molecule has 0 saturated heterocycles. The van der Waals surface area contributed by atoms with E-state index in [1.165, 1.54) is 17.2 Å². The molecule has 0 fully saturated rings. The Hall–Kier alpha value is -2.64. The van der Waals surface area contributed by atoms with E-state index < -0.39 is 11.9 Å². The number of hydrogen-bond acceptors (Lipinski definition) is 4. The van der Waals surface area contributed by atoms with Crippen LogP contribution < -0.4 is 0 Å². The van der Waals surface area contributed by atoms with Crippen molar-refractivity contribution in [1.29, 1.82) is 0 Å². The smallest absolute Gasteiger partial charge is 0.328 e. The van der Waals surface area contributed by atoms with Crippen LogP contribution in [0.1, 0.15) is 11.1 Å². The lowest BCUT2D eigenvalue weighted by molar-refractivity contribution is -0.134. The van der Waals surface area contributed by atoms with Gasteiger partial charge < -0.3 is 15.1 Å². The number of nitrogens with zero attached hydrogens (tertiary/aromatic N) is 1. The molecule has 5 nitrogen and oxygen atoms in total. The molecule has 0 saturated carbocycles. The molecular formula is C20H22FNO4S. The minimum atomic E-state index is -1.26. The second kappa shape index (κ2) is 11.9. The highest BCUT2D eigenvalue weighted by atomic mass is 32.2. The second-order valence-corrected chi connectivity index (χ2v) is 6.81. The Morgan fingerprint density at radius 2 is 1.59 bits per heavy atom. The molecule has 0 aliphatic heterocycles. The summed E-state index contributed by atoms with van der Waals surface area (Å²) < 4.78 is 13.1. The standard InChI is InChI=1S/C16H18FNS.C4H4O4/c1-18(2)11-13-6-3-4-7-14(13)12-19-16-9-5-8-15(17)10-16;5-3(6)1-2-4(7)8/h3-10H,11-12H2,1-2H3;1-2H,(H,5,6)(H,7,8)/b;2-1-. The van der Waals surface area contributed by atoms with Crippen LogP contribution in [-0.4, -0.2) is 41.1 Å². The summed E-state index contributed by atoms with van der Waals surface area (Å²) in [6.07, 6.45) is 1.12. The van der Waals surface area contributed by atoms with Gasteiger partial charge in [0.15, 0.2) is 0 Å². The second-order valence-electron chi connectivity index (χ2n) is 5.76. The fourth-order valence-corrected chi connectivity index (χ4v) is 3.03. The molecule has 0 aromatic heterocycles. The molecule has 2 rings (SSSR count). The lowest BCUT2D eigenvalue weighted by atomic mass is 10.1. The molecule has 0 atom stereocenters. The summed E-state index contributed by atoms with van der Waals surface area (Å²) >= 11 is 1.67. The van der Waals surface area contributed by atoms with Crippen molar-refractivity contribution in [1.82, 2.24) is 4.90 Å². The van der Waals surface area contributed by atoms with Gasteiger partial charge in [0.05, 0.1) is 0 Å². The number of carboxylic acid groups (broad SMARTS) is 2. The molecule has 2 aromatic rings. The quantitative estimate of drug-likeness (QED) is 0.551. The zero-order valence-electron chi connectivity index (χ0n) is 15.1. The van der Waals surface area contributed by atoms with Gasteiger partial charge in [-0.05, 0) is 43.4 Å². The first-order valence-corrected chi connectivity index (χ1v) is 9.00. The van der Waals surface area contributed by atoms with Crippen LogP contribution in [0.15, 0.2) is 65.6 Å². The Morgan fingerprint density at radius 3 is 2.11 bits per heavy atom. The van der Waals surface area contributed by atoms with E-state index in [2.05, 4.69) is 43.3 Å². The van der Waals surface area contributed by atoms with Gasteiger partial charge >= 0.3 is 11.9 Å². The Morgan fingerprint density at radius 1 is 1.00 bits per heavy atom. The minimum absolute atomic E-state index is 0.174. The average Bonchev–Trinajstić information content (AvgIpc) is 2.59. The molecule has 0 bridgehead atoms. The highest BCUT2D eigenvalue weighted by Crippen LogP contribution is 2.25. The molecule has 2 aromatic carbocycles. The van der Waals surface area contributed by atoms with Gasteiger partial charge in [-0.15, -0.1) is 11.8 Å². The first-order chi connectivity index (χ1) is 12.8. The normalized spacial score (nSPS) is 10.5. The fourth-order valence-electron chi connectivity index (χ4n) is 2.05. The summed E-state index contributed by atoms with van der Waals surface area (Å²) in [4.78, 5) is 22.2. The number of halogens is 1. The van der Waals surface area contributed by atoms with Crippen molar-refractivity contribution in [3.63, 3.8) is 0 Å². The van der Waals surface area contributed by atoms with Gasteiger partial charge in [0, 0.05) is 29.3 Å². The Labute approximate surface area is 162 Å². The number of rotatable bonds is 7. The van der Waals surface area contributed by atoms with Crippen molar-refractivity contribution in [2.45, 2.75) is 17.2 Å². The zero-order chi connectivity index (χ0) is 20.2. The van der Waals surface area contributed by atoms with E-state index in [0.717, 1.165) is 17.2 Å². The molecule has 7 heteroatoms. The number of benzene rings is 2. The molecule has 144 valence electrons. The number of carbonyl (C=O) groups is 2. The van der Waals surface area contributed by atoms with Crippen LogP contribution in [0, 0.1) is 5.82 Å². The first kappa shape index (κ1) is 22.4. The average molecular weight is 391 g/mol. The fraction of sp³-hybridized carbons (Fsp3) is 0.200. The number of thioether (sulfide) groups is 1. The van der Waals surface area contributed by atoms with Crippen LogP contribution in [0.25, 0.3) is 0 Å². The van der Waals surface area contributed by atoms with Crippen molar-refractivity contribution in [3.05, 3.63) is 77.6 Å². The van der Waals surface area contributed by atoms with Crippen LogP contribution in [0.4, 0.5) is 4.39 Å². The van der Waals surface area contributed by atoms with Gasteiger partial charge in [0.25, 0.3) is 0 Å². The largest absolute Gasteiger partial charge is 0.478 e. The number of aliphatic carboxylic acids is 2. The minimum Gasteiger partial charge on any atom is -0.478 e. The third kappa shape index (κ3) is 10.2. The summed E-state index contributed by atoms with van der Waals surface area (Å²) in [5.74, 6) is -1.82. The molecule has 2 N–H and O–H groups in total. The van der Waals surface area contributed by atoms with Crippen molar-refractivity contribution in [2.75, 3.05) is 14.1 Å². The lowest BCUT2D eigenvalue weighted by Gasteiger charge is -2.14. The summed E-state index contributed by atoms with van der Waals surface area (Å²) in [5.41, 5.74) is 2.64. The van der Waals surface area contributed by atoms with Gasteiger partial charge in [-0.2, -0.15) is 0 Å². The molecule has 0 amide bonds. The zero-order valence-corrected chi connectivity index (χ0v) is 15.9. The molecule has 0 aliphatic rings. The summed E-state index contributed by atoms with van der Waals surface area (Å²) in [7, 11) is 4.13. The molecule has 0 aliphatic carbocycles. The predicted molar refractivity (Wildman–Crippen MR) is 104 cm³/mol. The van der Waals surface area contributed by atoms with Crippen LogP contribution in [0.2, 0.25) is 0 Å². The van der Waals surface area contributed by atoms with Gasteiger partial charge in [-0.3, -0.25) is 0 Å². The van der Waals surface area contributed by atoms with E-state index in [1.54, 1.807) is 23.9 Å². The van der Waals surface area contributed by atoms with Gasteiger partial charge in [0.1, 0.15) is 5.82 Å². The Kier molecular flexibility index (Phi) is 9.85. The third-order valence-electron chi connectivity index (χ3n) is 3.16. The lowest BCUT2D eigenvalue weighted by Crippen LogP contribution is -2.12. The molecule has 0 heterocycles. The van der Waals surface area contributed by atoms with E-state index in [0.29, 0.717) is 12.2 Å². The number of carboxylic acids is 2. The summed E-state index contributed by atoms with van der Waals surface area (Å²) in [6, 6.07) is 15.2. The van der Waals surface area contributed by atoms with E-state index in [-0.39, 0.29) is 5.82 Å². The molecule has 0 spiro atoms. The summed E-state index contributed by atoms with van der Waals surface area (Å²) in [5, 5.41) is 15.6. The van der Waals surface area contributed by atoms with Crippen molar-refractivity contribution < 1.29 is 24.2 Å². The van der Waals surface area contributed by atoms with Gasteiger partial charge in [-0.25, -0.2) is 14.0 Å². The molecule has 27 heavy (non-hydrogen) atoms. The monoisotopic (exact) mass is 391 g/mol. The molecule has 0 radical (unpaired) electrons. The summed E-state index contributed by atoms with van der Waals surface area (Å²) in [6.45, 7) is 0.930. The van der Waals surface area contributed by atoms with E-state index in [4.69, 9.17) is 10.2 Å². The molecular weight excluding hydrogens is 369 g/mol. The van der Waals surface area contributed by atoms with Crippen LogP contribution >= 0.6 is 11.8 Å². The maximum Gasteiger partial charge on any atom is 0.328 e. The van der Waals surface area contributed by atoms with Crippen molar-refractivity contribution in [3.8, 4) is 0 Å². The van der Waals surface area contributed by atoms with Gasteiger partial charge in [-0.1, -0.05) is 30.3 Å². The van der Waals surface area contributed by atoms with Crippen LogP contribution in [-0.2, 0) is 21.9 Å². The molecule has 0 unspecified atom stereocenters. The Balaban J connectivity index is 0.000000387. The van der Waals surface area contributed by atoms with E-state index in [9.17, 15) is 14.0 Å². The van der Waals surface area contributed by atoms with E-state index >= 15 is 0 Å². The first-order valence-electron chi connectivity index (χ1n) is 8.01. The number of hydrogen-bond donors (Lipinski definition) is 2. The highest BCUT2D eigenvalue weighted by Gasteiger charge is 2.04. The Bertz CT molecular complexity index is 777.